The molecule has 0 unspecified atom stereocenters. The van der Waals surface area contributed by atoms with Gasteiger partial charge in [-0.05, 0) is 0 Å². The second kappa shape index (κ2) is 3.84. The number of carbonyl (C=O) groups is 1. The smallest absolute Gasteiger partial charge is 0.338 e. The van der Waals surface area contributed by atoms with E-state index in [4.69, 9.17) is 0 Å². The van der Waals surface area contributed by atoms with E-state index in [1.54, 1.807) is 6.92 Å². The van der Waals surface area contributed by atoms with Crippen LogP contribution in [-0.2, 0) is 9.53 Å². The Morgan fingerprint density at radius 1 is 1.36 bits per heavy atom. The van der Waals surface area contributed by atoms with E-state index in [9.17, 15) is 20.1 Å². The Bertz CT molecular complexity index is 215. The summed E-state index contributed by atoms with van der Waals surface area (Å²) in [7, 11) is 1.16. The van der Waals surface area contributed by atoms with Crippen LogP contribution in [0, 0.1) is 5.92 Å². The summed E-state index contributed by atoms with van der Waals surface area (Å²) in [5, 5.41) is 28.8. The van der Waals surface area contributed by atoms with Crippen molar-refractivity contribution < 1.29 is 24.9 Å². The summed E-state index contributed by atoms with van der Waals surface area (Å²) in [6, 6.07) is 0. The van der Waals surface area contributed by atoms with Gasteiger partial charge in [-0.1, -0.05) is 6.92 Å². The molecule has 0 spiro atoms. The molecule has 0 bridgehead atoms. The Hall–Kier alpha value is -0.650. The van der Waals surface area contributed by atoms with E-state index < -0.39 is 23.8 Å². The molecule has 0 aliphatic heterocycles. The Morgan fingerprint density at radius 3 is 2.14 bits per heavy atom. The van der Waals surface area contributed by atoms with Crippen molar-refractivity contribution in [2.75, 3.05) is 7.11 Å². The maximum Gasteiger partial charge on any atom is 0.338 e. The Morgan fingerprint density at radius 2 is 1.79 bits per heavy atom. The Kier molecular flexibility index (Phi) is 3.14. The molecule has 1 saturated carbocycles. The number of aliphatic hydroxyl groups excluding tert-OH is 2. The SMILES string of the molecule is COC(=O)C1(O)C[C@@H](O)C(C)[C@H](O)C1. The van der Waals surface area contributed by atoms with E-state index >= 15 is 0 Å². The van der Waals surface area contributed by atoms with Gasteiger partial charge in [-0.3, -0.25) is 0 Å². The minimum atomic E-state index is -1.75. The molecule has 82 valence electrons. The molecule has 1 aliphatic rings. The van der Waals surface area contributed by atoms with Crippen LogP contribution < -0.4 is 0 Å². The maximum atomic E-state index is 11.2. The fraction of sp³-hybridized carbons (Fsp3) is 0.889. The number of ether oxygens (including phenoxy) is 1. The first-order valence-electron chi connectivity index (χ1n) is 4.57. The molecule has 0 heterocycles. The van der Waals surface area contributed by atoms with Gasteiger partial charge in [0.2, 0.25) is 0 Å². The van der Waals surface area contributed by atoms with Crippen LogP contribution in [0.2, 0.25) is 0 Å². The number of aliphatic hydroxyl groups is 3. The summed E-state index contributed by atoms with van der Waals surface area (Å²) < 4.78 is 4.41. The summed E-state index contributed by atoms with van der Waals surface area (Å²) >= 11 is 0. The van der Waals surface area contributed by atoms with Crippen LogP contribution in [0.5, 0.6) is 0 Å². The van der Waals surface area contributed by atoms with Gasteiger partial charge in [0.05, 0.1) is 19.3 Å². The summed E-state index contributed by atoms with van der Waals surface area (Å²) in [5.41, 5.74) is -1.75. The lowest BCUT2D eigenvalue weighted by atomic mass is 9.76. The predicted octanol–water partition coefficient (Wildman–Crippen LogP) is -0.958. The summed E-state index contributed by atoms with van der Waals surface area (Å²) in [6.07, 6.45) is -1.94. The number of rotatable bonds is 1. The lowest BCUT2D eigenvalue weighted by molar-refractivity contribution is -0.181. The number of carbonyl (C=O) groups excluding carboxylic acids is 1. The molecule has 1 rings (SSSR count). The van der Waals surface area contributed by atoms with Crippen LogP contribution >= 0.6 is 0 Å². The van der Waals surface area contributed by atoms with Crippen LogP contribution in [0.3, 0.4) is 0 Å². The number of esters is 1. The first kappa shape index (κ1) is 11.4. The van der Waals surface area contributed by atoms with E-state index in [2.05, 4.69) is 4.74 Å². The molecular weight excluding hydrogens is 188 g/mol. The van der Waals surface area contributed by atoms with E-state index in [1.807, 2.05) is 0 Å². The van der Waals surface area contributed by atoms with Crippen LogP contribution in [0.1, 0.15) is 19.8 Å². The molecule has 2 atom stereocenters. The molecule has 0 amide bonds. The zero-order valence-corrected chi connectivity index (χ0v) is 8.30. The largest absolute Gasteiger partial charge is 0.467 e. The summed E-state index contributed by atoms with van der Waals surface area (Å²) in [4.78, 5) is 11.2. The van der Waals surface area contributed by atoms with Crippen molar-refractivity contribution in [2.45, 2.75) is 37.6 Å². The van der Waals surface area contributed by atoms with E-state index in [-0.39, 0.29) is 18.8 Å². The first-order valence-corrected chi connectivity index (χ1v) is 4.57. The average Bonchev–Trinajstić information content (AvgIpc) is 2.12. The van der Waals surface area contributed by atoms with Gasteiger partial charge < -0.3 is 20.1 Å². The molecule has 1 fully saturated rings. The molecule has 5 heteroatoms. The summed E-state index contributed by atoms with van der Waals surface area (Å²) in [6.45, 7) is 1.67. The highest BCUT2D eigenvalue weighted by molar-refractivity contribution is 5.79. The van der Waals surface area contributed by atoms with Crippen molar-refractivity contribution in [1.29, 1.82) is 0 Å². The van der Waals surface area contributed by atoms with Gasteiger partial charge in [0.1, 0.15) is 0 Å². The predicted molar refractivity (Wildman–Crippen MR) is 47.4 cm³/mol. The maximum absolute atomic E-state index is 11.2. The fourth-order valence-corrected chi connectivity index (χ4v) is 1.76. The molecule has 0 aromatic rings. The second-order valence-electron chi connectivity index (χ2n) is 3.93. The van der Waals surface area contributed by atoms with Crippen molar-refractivity contribution in [3.63, 3.8) is 0 Å². The molecule has 0 aromatic heterocycles. The van der Waals surface area contributed by atoms with Crippen molar-refractivity contribution in [1.82, 2.24) is 0 Å². The second-order valence-corrected chi connectivity index (χ2v) is 3.93. The normalized spacial score (nSPS) is 43.4. The number of hydrogen-bond acceptors (Lipinski definition) is 5. The van der Waals surface area contributed by atoms with Crippen LogP contribution in [0.15, 0.2) is 0 Å². The zero-order chi connectivity index (χ0) is 10.9. The van der Waals surface area contributed by atoms with Gasteiger partial charge in [-0.15, -0.1) is 0 Å². The molecular formula is C9H16O5. The van der Waals surface area contributed by atoms with Gasteiger partial charge in [-0.25, -0.2) is 4.79 Å². The van der Waals surface area contributed by atoms with Crippen molar-refractivity contribution >= 4 is 5.97 Å². The Labute approximate surface area is 82.3 Å². The van der Waals surface area contributed by atoms with Gasteiger partial charge in [0.15, 0.2) is 5.60 Å². The lowest BCUT2D eigenvalue weighted by Crippen LogP contribution is -2.53. The number of hydrogen-bond donors (Lipinski definition) is 3. The monoisotopic (exact) mass is 204 g/mol. The standard InChI is InChI=1S/C9H16O5/c1-5-6(10)3-9(13,4-7(5)11)8(12)14-2/h5-7,10-11,13H,3-4H2,1-2H3/t5?,6-,7-,9?/m1/s1. The highest BCUT2D eigenvalue weighted by atomic mass is 16.5. The quantitative estimate of drug-likeness (QED) is 0.479. The third-order valence-corrected chi connectivity index (χ3v) is 2.87. The molecule has 1 aliphatic carbocycles. The van der Waals surface area contributed by atoms with Crippen molar-refractivity contribution in [2.24, 2.45) is 5.92 Å². The molecule has 0 saturated heterocycles. The Balaban J connectivity index is 2.78. The molecule has 0 aromatic carbocycles. The molecule has 0 radical (unpaired) electrons. The van der Waals surface area contributed by atoms with E-state index in [1.165, 1.54) is 0 Å². The van der Waals surface area contributed by atoms with Crippen LogP contribution in [0.4, 0.5) is 0 Å². The topological polar surface area (TPSA) is 87.0 Å². The highest BCUT2D eigenvalue weighted by Crippen LogP contribution is 2.33. The zero-order valence-electron chi connectivity index (χ0n) is 8.30. The van der Waals surface area contributed by atoms with Crippen LogP contribution in [0.25, 0.3) is 0 Å². The first-order chi connectivity index (χ1) is 6.40. The number of methoxy groups -OCH3 is 1. The third-order valence-electron chi connectivity index (χ3n) is 2.87. The highest BCUT2D eigenvalue weighted by Gasteiger charge is 2.47. The van der Waals surface area contributed by atoms with Gasteiger partial charge in [-0.2, -0.15) is 0 Å². The molecule has 14 heavy (non-hydrogen) atoms. The van der Waals surface area contributed by atoms with Gasteiger partial charge in [0, 0.05) is 18.8 Å². The minimum absolute atomic E-state index is 0.0854. The van der Waals surface area contributed by atoms with Crippen molar-refractivity contribution in [3.8, 4) is 0 Å². The van der Waals surface area contributed by atoms with E-state index in [0.717, 1.165) is 7.11 Å². The average molecular weight is 204 g/mol. The van der Waals surface area contributed by atoms with E-state index in [0.29, 0.717) is 0 Å². The van der Waals surface area contributed by atoms with Gasteiger partial charge in [0.25, 0.3) is 0 Å². The lowest BCUT2D eigenvalue weighted by Gasteiger charge is -2.39. The molecule has 3 N–H and O–H groups in total. The third kappa shape index (κ3) is 1.89. The molecule has 5 nitrogen and oxygen atoms in total. The fourth-order valence-electron chi connectivity index (χ4n) is 1.76. The van der Waals surface area contributed by atoms with Crippen LogP contribution in [-0.4, -0.2) is 46.2 Å². The van der Waals surface area contributed by atoms with Crippen molar-refractivity contribution in [3.05, 3.63) is 0 Å². The summed E-state index contributed by atoms with van der Waals surface area (Å²) in [5.74, 6) is -1.14. The minimum Gasteiger partial charge on any atom is -0.467 e. The van der Waals surface area contributed by atoms with Gasteiger partial charge >= 0.3 is 5.97 Å².